The van der Waals surface area contributed by atoms with Crippen LogP contribution in [0.5, 0.6) is 0 Å². The molecule has 0 atom stereocenters. The quantitative estimate of drug-likeness (QED) is 0.106. The standard InChI is InChI=1S/C31H38N2.C24H17N2.Au/c1-20(2)24-13-11-14-25(21(3)4)30(24)32-19-33(29-18-10-9-17-28(29)32)31-26(22(5)6)15-12-16-27(31)23(7)8;1-3-9-18(10-4-1)26(19-11-5-2-6-12-19)20-15-16-24-22(17-20)21-13-7-8-14-23(21)25-24;/h9-18,20-23H,1-8H3;1-17H;/q+2;-1;+1. The van der Waals surface area contributed by atoms with Gasteiger partial charge < -0.3 is 9.88 Å². The Morgan fingerprint density at radius 2 is 0.800 bits per heavy atom. The molecule has 0 saturated carbocycles. The van der Waals surface area contributed by atoms with Crippen molar-refractivity contribution in [2.75, 3.05) is 4.90 Å². The first-order chi connectivity index (χ1) is 28.6. The molecule has 1 aliphatic heterocycles. The smallest absolute Gasteiger partial charge is 0.657 e. The van der Waals surface area contributed by atoms with Crippen molar-refractivity contribution in [3.8, 4) is 0 Å². The van der Waals surface area contributed by atoms with E-state index in [4.69, 9.17) is 4.98 Å². The first-order valence-electron chi connectivity index (χ1n) is 21.2. The van der Waals surface area contributed by atoms with Gasteiger partial charge in [0.05, 0.1) is 0 Å². The topological polar surface area (TPSA) is 23.4 Å². The average Bonchev–Trinajstić information content (AvgIpc) is 3.82. The molecule has 60 heavy (non-hydrogen) atoms. The van der Waals surface area contributed by atoms with E-state index in [1.807, 2.05) is 18.2 Å². The van der Waals surface area contributed by atoms with Gasteiger partial charge in [0, 0.05) is 51.4 Å². The monoisotopic (exact) mass is 968 g/mol. The van der Waals surface area contributed by atoms with E-state index in [2.05, 4.69) is 221 Å². The second kappa shape index (κ2) is 18.3. The van der Waals surface area contributed by atoms with Gasteiger partial charge in [0.2, 0.25) is 11.4 Å². The number of rotatable bonds is 9. The maximum Gasteiger partial charge on any atom is 1.00 e. The van der Waals surface area contributed by atoms with Crippen LogP contribution in [0.3, 0.4) is 0 Å². The van der Waals surface area contributed by atoms with Gasteiger partial charge in [-0.3, -0.25) is 0 Å². The summed E-state index contributed by atoms with van der Waals surface area (Å²) < 4.78 is 4.64. The summed E-state index contributed by atoms with van der Waals surface area (Å²) in [5.74, 6) is 1.71. The second-order valence-electron chi connectivity index (χ2n) is 16.8. The number of hydrogen-bond donors (Lipinski definition) is 0. The molecule has 7 aromatic carbocycles. The van der Waals surface area contributed by atoms with Crippen molar-refractivity contribution >= 4 is 67.6 Å². The number of anilines is 3. The van der Waals surface area contributed by atoms with E-state index in [0.717, 1.165) is 28.1 Å². The Morgan fingerprint density at radius 1 is 0.400 bits per heavy atom. The minimum absolute atomic E-state index is 0. The van der Waals surface area contributed by atoms with Crippen LogP contribution in [0, 0.1) is 0 Å². The van der Waals surface area contributed by atoms with Gasteiger partial charge in [-0.1, -0.05) is 171 Å². The molecule has 0 amide bonds. The Kier molecular flexibility index (Phi) is 12.9. The average molecular weight is 969 g/mol. The fraction of sp³-hybridized carbons (Fsp3) is 0.218. The molecule has 0 radical (unpaired) electrons. The molecular weight excluding hydrogens is 914 g/mol. The molecule has 0 spiro atoms. The summed E-state index contributed by atoms with van der Waals surface area (Å²) in [6, 6.07) is 61.9. The van der Waals surface area contributed by atoms with Crippen molar-refractivity contribution in [2.24, 2.45) is 0 Å². The Hall–Kier alpha value is -5.74. The number of nitrogens with zero attached hydrogens (tertiary/aromatic N) is 4. The van der Waals surface area contributed by atoms with E-state index in [-0.39, 0.29) is 22.4 Å². The molecule has 8 aromatic rings. The van der Waals surface area contributed by atoms with Crippen molar-refractivity contribution in [2.45, 2.75) is 79.1 Å². The summed E-state index contributed by atoms with van der Waals surface area (Å²) in [4.78, 5) is 7.02. The number of fused-ring (bicyclic) bond motifs is 4. The Balaban J connectivity index is 0.000000183. The van der Waals surface area contributed by atoms with E-state index in [1.54, 1.807) is 0 Å². The molecule has 1 aliphatic rings. The number of para-hydroxylation sites is 7. The van der Waals surface area contributed by atoms with Crippen molar-refractivity contribution in [3.05, 3.63) is 186 Å². The molecule has 0 aliphatic carbocycles. The van der Waals surface area contributed by atoms with Gasteiger partial charge in [-0.25, -0.2) is 0 Å². The largest absolute Gasteiger partial charge is 1.00 e. The van der Waals surface area contributed by atoms with Crippen LogP contribution < -0.4 is 19.0 Å². The van der Waals surface area contributed by atoms with Crippen LogP contribution in [0.1, 0.15) is 101 Å². The summed E-state index contributed by atoms with van der Waals surface area (Å²) in [7, 11) is 0. The van der Waals surface area contributed by atoms with Gasteiger partial charge >= 0.3 is 28.4 Å². The molecule has 4 nitrogen and oxygen atoms in total. The maximum atomic E-state index is 4.74. The molecule has 0 N–H and O–H groups in total. The summed E-state index contributed by atoms with van der Waals surface area (Å²) in [6.45, 7) is 18.3. The molecule has 5 heteroatoms. The zero-order valence-electron chi connectivity index (χ0n) is 36.0. The number of hydrogen-bond acceptors (Lipinski definition) is 1. The zero-order chi connectivity index (χ0) is 41.2. The SMILES string of the molecule is CC(C)c1cccc(C(C)C)c1[N+]1=C=[N+](c2c(C(C)C)cccc2C(C)C)c2ccccc21.[Au+].c1ccc(N(c2ccccc2)c2ccc3[n-]c4ccccc4c3c2)cc1. The van der Waals surface area contributed by atoms with Crippen LogP contribution in [-0.4, -0.2) is 6.01 Å². The summed E-state index contributed by atoms with van der Waals surface area (Å²) >= 11 is 0. The van der Waals surface area contributed by atoms with Crippen LogP contribution in [-0.2, 0) is 22.4 Å². The number of benzene rings is 7. The van der Waals surface area contributed by atoms with Crippen molar-refractivity contribution in [1.29, 1.82) is 0 Å². The fourth-order valence-corrected chi connectivity index (χ4v) is 8.44. The molecule has 1 aromatic heterocycles. The van der Waals surface area contributed by atoms with Gasteiger partial charge in [0.25, 0.3) is 11.4 Å². The maximum absolute atomic E-state index is 4.74. The summed E-state index contributed by atoms with van der Waals surface area (Å²) in [5.41, 5.74) is 15.9. The van der Waals surface area contributed by atoms with E-state index >= 15 is 0 Å². The summed E-state index contributed by atoms with van der Waals surface area (Å²) in [6.07, 6.45) is 0. The van der Waals surface area contributed by atoms with Crippen molar-refractivity contribution in [1.82, 2.24) is 14.1 Å². The first kappa shape index (κ1) is 42.4. The predicted molar refractivity (Wildman–Crippen MR) is 253 cm³/mol. The molecule has 0 saturated heterocycles. The van der Waals surface area contributed by atoms with Gasteiger partial charge in [0.1, 0.15) is 0 Å². The third kappa shape index (κ3) is 8.22. The van der Waals surface area contributed by atoms with E-state index in [1.165, 1.54) is 55.8 Å². The number of aromatic nitrogens is 1. The molecule has 304 valence electrons. The fourth-order valence-electron chi connectivity index (χ4n) is 8.44. The third-order valence-corrected chi connectivity index (χ3v) is 11.4. The van der Waals surface area contributed by atoms with E-state index in [9.17, 15) is 0 Å². The Bertz CT molecular complexity index is 2640. The summed E-state index contributed by atoms with van der Waals surface area (Å²) in [5, 5.41) is 2.39. The van der Waals surface area contributed by atoms with Crippen LogP contribution in [0.4, 0.5) is 39.8 Å². The van der Waals surface area contributed by atoms with E-state index < -0.39 is 0 Å². The van der Waals surface area contributed by atoms with Gasteiger partial charge in [0.15, 0.2) is 0 Å². The Labute approximate surface area is 372 Å². The Morgan fingerprint density at radius 3 is 1.25 bits per heavy atom. The molecule has 0 fully saturated rings. The minimum atomic E-state index is 0. The normalized spacial score (nSPS) is 12.1. The van der Waals surface area contributed by atoms with Crippen LogP contribution in [0.25, 0.3) is 21.8 Å². The second-order valence-corrected chi connectivity index (χ2v) is 16.8. The van der Waals surface area contributed by atoms with Gasteiger partial charge in [-0.05, 0) is 80.0 Å². The predicted octanol–water partition coefficient (Wildman–Crippen LogP) is 15.5. The molecular formula is C55H55AuN4+2. The first-order valence-corrected chi connectivity index (χ1v) is 21.2. The van der Waals surface area contributed by atoms with Crippen LogP contribution in [0.2, 0.25) is 0 Å². The van der Waals surface area contributed by atoms with Gasteiger partial charge in [-0.15, -0.1) is 11.0 Å². The zero-order valence-corrected chi connectivity index (χ0v) is 38.2. The van der Waals surface area contributed by atoms with Crippen LogP contribution >= 0.6 is 0 Å². The van der Waals surface area contributed by atoms with E-state index in [0.29, 0.717) is 23.7 Å². The molecule has 9 rings (SSSR count). The molecule has 0 unspecified atom stereocenters. The minimum Gasteiger partial charge on any atom is -0.657 e. The van der Waals surface area contributed by atoms with Crippen LogP contribution in [0.15, 0.2) is 164 Å². The van der Waals surface area contributed by atoms with Crippen molar-refractivity contribution in [3.63, 3.8) is 0 Å². The molecule has 2 heterocycles. The third-order valence-electron chi connectivity index (χ3n) is 11.4. The van der Waals surface area contributed by atoms with Gasteiger partial charge in [-0.2, -0.15) is 0 Å². The van der Waals surface area contributed by atoms with Crippen molar-refractivity contribution < 1.29 is 22.4 Å². The molecule has 0 bridgehead atoms.